The van der Waals surface area contributed by atoms with Crippen LogP contribution in [0.25, 0.3) is 0 Å². The zero-order chi connectivity index (χ0) is 5.86. The summed E-state index contributed by atoms with van der Waals surface area (Å²) >= 11 is 0. The Labute approximate surface area is 46.0 Å². The standard InChI is InChI=1S/C6H11N.H2/c1-4-5(2)6(3)7;/h4H,1,7H2,2-3H3;1H/b6-5+;. The van der Waals surface area contributed by atoms with Gasteiger partial charge < -0.3 is 5.73 Å². The van der Waals surface area contributed by atoms with Gasteiger partial charge in [-0.25, -0.2) is 0 Å². The second-order valence-corrected chi connectivity index (χ2v) is 1.57. The first kappa shape index (κ1) is 6.28. The van der Waals surface area contributed by atoms with Gasteiger partial charge in [-0.05, 0) is 19.4 Å². The Morgan fingerprint density at radius 3 is 2.14 bits per heavy atom. The predicted molar refractivity (Wildman–Crippen MR) is 34.9 cm³/mol. The van der Waals surface area contributed by atoms with E-state index in [1.165, 1.54) is 0 Å². The van der Waals surface area contributed by atoms with Crippen LogP contribution in [0.2, 0.25) is 0 Å². The van der Waals surface area contributed by atoms with Gasteiger partial charge in [0.05, 0.1) is 0 Å². The molecule has 7 heavy (non-hydrogen) atoms. The molecule has 0 saturated heterocycles. The first-order valence-corrected chi connectivity index (χ1v) is 2.24. The van der Waals surface area contributed by atoms with Crippen LogP contribution in [0.15, 0.2) is 23.9 Å². The smallest absolute Gasteiger partial charge is 0.00783 e. The lowest BCUT2D eigenvalue weighted by Crippen LogP contribution is -1.92. The molecule has 0 saturated carbocycles. The van der Waals surface area contributed by atoms with E-state index in [9.17, 15) is 0 Å². The van der Waals surface area contributed by atoms with E-state index in [-0.39, 0.29) is 1.43 Å². The fraction of sp³-hybridized carbons (Fsp3) is 0.333. The molecule has 0 bridgehead atoms. The van der Waals surface area contributed by atoms with Gasteiger partial charge in [-0.2, -0.15) is 0 Å². The first-order valence-electron chi connectivity index (χ1n) is 2.24. The van der Waals surface area contributed by atoms with E-state index in [0.717, 1.165) is 11.3 Å². The zero-order valence-corrected chi connectivity index (χ0v) is 4.86. The molecule has 0 rings (SSSR count). The molecule has 0 aromatic heterocycles. The summed E-state index contributed by atoms with van der Waals surface area (Å²) in [6.45, 7) is 7.33. The molecule has 0 radical (unpaired) electrons. The fourth-order valence-corrected chi connectivity index (χ4v) is 0.161. The fourth-order valence-electron chi connectivity index (χ4n) is 0.161. The lowest BCUT2D eigenvalue weighted by molar-refractivity contribution is 1.24. The molecule has 0 aliphatic heterocycles. The molecule has 42 valence electrons. The van der Waals surface area contributed by atoms with Crippen LogP contribution >= 0.6 is 0 Å². The third kappa shape index (κ3) is 2.04. The molecule has 0 unspecified atom stereocenters. The van der Waals surface area contributed by atoms with Crippen molar-refractivity contribution in [1.82, 2.24) is 0 Å². The van der Waals surface area contributed by atoms with Gasteiger partial charge >= 0.3 is 0 Å². The lowest BCUT2D eigenvalue weighted by atomic mass is 10.2. The normalized spacial score (nSPS) is 12.9. The van der Waals surface area contributed by atoms with Crippen molar-refractivity contribution < 1.29 is 1.43 Å². The van der Waals surface area contributed by atoms with Gasteiger partial charge in [0, 0.05) is 7.12 Å². The van der Waals surface area contributed by atoms with Crippen molar-refractivity contribution in [1.29, 1.82) is 0 Å². The summed E-state index contributed by atoms with van der Waals surface area (Å²) in [6.07, 6.45) is 1.75. The molecule has 0 amide bonds. The second-order valence-electron chi connectivity index (χ2n) is 1.57. The Hall–Kier alpha value is -0.720. The van der Waals surface area contributed by atoms with E-state index in [0.29, 0.717) is 0 Å². The van der Waals surface area contributed by atoms with Crippen LogP contribution < -0.4 is 5.73 Å². The SMILES string of the molecule is C=C/C(C)=C(\C)N.[HH]. The van der Waals surface area contributed by atoms with Gasteiger partial charge in [0.2, 0.25) is 0 Å². The highest BCUT2D eigenvalue weighted by atomic mass is 14.5. The van der Waals surface area contributed by atoms with Gasteiger partial charge in [0.15, 0.2) is 0 Å². The van der Waals surface area contributed by atoms with Crippen LogP contribution in [0, 0.1) is 0 Å². The molecule has 0 aromatic carbocycles. The lowest BCUT2D eigenvalue weighted by Gasteiger charge is -1.90. The highest BCUT2D eigenvalue weighted by Crippen LogP contribution is 1.94. The summed E-state index contributed by atoms with van der Waals surface area (Å²) < 4.78 is 0. The molecule has 1 heteroatoms. The minimum atomic E-state index is 0. The minimum absolute atomic E-state index is 0. The van der Waals surface area contributed by atoms with Crippen LogP contribution in [0.1, 0.15) is 15.3 Å². The summed E-state index contributed by atoms with van der Waals surface area (Å²) in [7, 11) is 0. The Bertz CT molecular complexity index is 101. The number of hydrogen-bond acceptors (Lipinski definition) is 1. The third-order valence-corrected chi connectivity index (χ3v) is 0.928. The van der Waals surface area contributed by atoms with Gasteiger partial charge in [0.25, 0.3) is 0 Å². The Balaban J connectivity index is 0. The quantitative estimate of drug-likeness (QED) is 0.497. The molecule has 0 aliphatic rings. The summed E-state index contributed by atoms with van der Waals surface area (Å²) in [5.41, 5.74) is 7.25. The molecule has 0 atom stereocenters. The summed E-state index contributed by atoms with van der Waals surface area (Å²) in [5, 5.41) is 0. The predicted octanol–water partition coefficient (Wildman–Crippen LogP) is 1.67. The van der Waals surface area contributed by atoms with Crippen molar-refractivity contribution >= 4 is 0 Å². The van der Waals surface area contributed by atoms with Crippen molar-refractivity contribution in [2.45, 2.75) is 13.8 Å². The van der Waals surface area contributed by atoms with Crippen molar-refractivity contribution in [3.63, 3.8) is 0 Å². The number of nitrogens with two attached hydrogens (primary N) is 1. The summed E-state index contributed by atoms with van der Waals surface area (Å²) in [4.78, 5) is 0. The monoisotopic (exact) mass is 99.1 g/mol. The van der Waals surface area contributed by atoms with Gasteiger partial charge in [-0.3, -0.25) is 0 Å². The maximum Gasteiger partial charge on any atom is 0.00783 e. The Morgan fingerprint density at radius 1 is 1.71 bits per heavy atom. The molecule has 0 aliphatic carbocycles. The van der Waals surface area contributed by atoms with Gasteiger partial charge in [0.1, 0.15) is 0 Å². The summed E-state index contributed by atoms with van der Waals surface area (Å²) in [6, 6.07) is 0. The molecule has 0 aromatic rings. The van der Waals surface area contributed by atoms with Crippen LogP contribution in [0.5, 0.6) is 0 Å². The van der Waals surface area contributed by atoms with E-state index in [1.807, 2.05) is 13.8 Å². The topological polar surface area (TPSA) is 26.0 Å². The average molecular weight is 99.2 g/mol. The van der Waals surface area contributed by atoms with Gasteiger partial charge in [-0.1, -0.05) is 12.7 Å². The number of hydrogen-bond donors (Lipinski definition) is 1. The van der Waals surface area contributed by atoms with E-state index in [2.05, 4.69) is 6.58 Å². The Kier molecular flexibility index (Phi) is 2.20. The number of allylic oxidation sites excluding steroid dienone is 3. The van der Waals surface area contributed by atoms with E-state index in [4.69, 9.17) is 5.73 Å². The van der Waals surface area contributed by atoms with E-state index >= 15 is 0 Å². The molecule has 0 spiro atoms. The molecule has 0 fully saturated rings. The van der Waals surface area contributed by atoms with E-state index < -0.39 is 0 Å². The zero-order valence-electron chi connectivity index (χ0n) is 4.86. The van der Waals surface area contributed by atoms with Crippen molar-refractivity contribution in [2.24, 2.45) is 5.73 Å². The van der Waals surface area contributed by atoms with Crippen molar-refractivity contribution in [3.05, 3.63) is 23.9 Å². The summed E-state index contributed by atoms with van der Waals surface area (Å²) in [5.74, 6) is 0. The first-order chi connectivity index (χ1) is 3.18. The van der Waals surface area contributed by atoms with Crippen molar-refractivity contribution in [3.8, 4) is 0 Å². The molecule has 1 nitrogen and oxygen atoms in total. The Morgan fingerprint density at radius 2 is 2.14 bits per heavy atom. The van der Waals surface area contributed by atoms with Crippen LogP contribution in [-0.4, -0.2) is 0 Å². The van der Waals surface area contributed by atoms with Crippen molar-refractivity contribution in [2.75, 3.05) is 0 Å². The van der Waals surface area contributed by atoms with Crippen LogP contribution in [-0.2, 0) is 0 Å². The average Bonchev–Trinajstić information content (AvgIpc) is 1.65. The minimum Gasteiger partial charge on any atom is -0.402 e. The van der Waals surface area contributed by atoms with Crippen LogP contribution in [0.4, 0.5) is 0 Å². The van der Waals surface area contributed by atoms with Crippen LogP contribution in [0.3, 0.4) is 0 Å². The maximum atomic E-state index is 5.35. The molecular formula is C6H13N. The molecular weight excluding hydrogens is 86.1 g/mol. The highest BCUT2D eigenvalue weighted by Gasteiger charge is 1.79. The maximum absolute atomic E-state index is 5.35. The highest BCUT2D eigenvalue weighted by molar-refractivity contribution is 5.17. The molecule has 0 heterocycles. The largest absolute Gasteiger partial charge is 0.402 e. The third-order valence-electron chi connectivity index (χ3n) is 0.928. The molecule has 2 N–H and O–H groups in total. The number of rotatable bonds is 1. The van der Waals surface area contributed by atoms with E-state index in [1.54, 1.807) is 6.08 Å². The van der Waals surface area contributed by atoms with Gasteiger partial charge in [-0.15, -0.1) is 0 Å². The second kappa shape index (κ2) is 2.45.